The van der Waals surface area contributed by atoms with Crippen molar-refractivity contribution in [2.24, 2.45) is 0 Å². The van der Waals surface area contributed by atoms with Gasteiger partial charge in [-0.3, -0.25) is 9.59 Å². The molecule has 0 heterocycles. The monoisotopic (exact) mass is 350 g/mol. The van der Waals surface area contributed by atoms with Gasteiger partial charge in [-0.05, 0) is 23.1 Å². The highest BCUT2D eigenvalue weighted by Gasteiger charge is 2.15. The lowest BCUT2D eigenvalue weighted by atomic mass is 9.87. The number of benzene rings is 1. The van der Waals surface area contributed by atoms with Gasteiger partial charge in [-0.15, -0.1) is 0 Å². The molecule has 0 saturated heterocycles. The standard InChI is InChI=1S/C19H31N3O3/c1-19(2,3)15-7-9-16(10-8-15)25-12-11-20-17(23)13-22(6)14-18(24)21(4)5/h7-10H,11-14H2,1-6H3,(H,20,23)/p+1. The summed E-state index contributed by atoms with van der Waals surface area (Å²) in [6.45, 7) is 7.93. The fraction of sp³-hybridized carbons (Fsp3) is 0.579. The Kier molecular flexibility index (Phi) is 7.90. The summed E-state index contributed by atoms with van der Waals surface area (Å²) in [7, 11) is 5.25. The Morgan fingerprint density at radius 2 is 1.72 bits per heavy atom. The summed E-state index contributed by atoms with van der Waals surface area (Å²) in [6, 6.07) is 8.03. The Morgan fingerprint density at radius 3 is 2.24 bits per heavy atom. The molecule has 1 rings (SSSR count). The van der Waals surface area contributed by atoms with Crippen molar-refractivity contribution in [3.05, 3.63) is 29.8 Å². The molecule has 1 aromatic carbocycles. The van der Waals surface area contributed by atoms with Gasteiger partial charge < -0.3 is 19.9 Å². The minimum atomic E-state index is -0.0873. The normalized spacial score (nSPS) is 12.4. The van der Waals surface area contributed by atoms with Gasteiger partial charge in [0.25, 0.3) is 11.8 Å². The summed E-state index contributed by atoms with van der Waals surface area (Å²) >= 11 is 0. The molecular weight excluding hydrogens is 318 g/mol. The Balaban J connectivity index is 2.26. The van der Waals surface area contributed by atoms with Gasteiger partial charge in [0, 0.05) is 14.1 Å². The van der Waals surface area contributed by atoms with Gasteiger partial charge >= 0.3 is 0 Å². The van der Waals surface area contributed by atoms with E-state index in [2.05, 4.69) is 38.2 Å². The molecule has 6 nitrogen and oxygen atoms in total. The third-order valence-electron chi connectivity index (χ3n) is 3.83. The van der Waals surface area contributed by atoms with E-state index < -0.39 is 0 Å². The molecule has 25 heavy (non-hydrogen) atoms. The lowest BCUT2D eigenvalue weighted by Gasteiger charge is -2.19. The zero-order valence-corrected chi connectivity index (χ0v) is 16.3. The van der Waals surface area contributed by atoms with Crippen LogP contribution in [0.1, 0.15) is 26.3 Å². The number of nitrogens with zero attached hydrogens (tertiary/aromatic N) is 1. The first-order valence-corrected chi connectivity index (χ1v) is 8.61. The predicted molar refractivity (Wildman–Crippen MR) is 99.0 cm³/mol. The van der Waals surface area contributed by atoms with Crippen LogP contribution in [0, 0.1) is 0 Å². The van der Waals surface area contributed by atoms with Gasteiger partial charge in [0.05, 0.1) is 13.6 Å². The molecule has 0 radical (unpaired) electrons. The Bertz CT molecular complexity index is 562. The SMILES string of the molecule is CN(C)C(=O)C[NH+](C)CC(=O)NCCOc1ccc(C(C)(C)C)cc1. The zero-order chi connectivity index (χ0) is 19.0. The lowest BCUT2D eigenvalue weighted by molar-refractivity contribution is -0.862. The average Bonchev–Trinajstić information content (AvgIpc) is 2.50. The summed E-state index contributed by atoms with van der Waals surface area (Å²) < 4.78 is 5.64. The first kappa shape index (κ1) is 21.0. The number of nitrogens with one attached hydrogen (secondary N) is 2. The van der Waals surface area contributed by atoms with E-state index in [9.17, 15) is 9.59 Å². The maximum absolute atomic E-state index is 11.9. The summed E-state index contributed by atoms with van der Waals surface area (Å²) in [4.78, 5) is 25.8. The van der Waals surface area contributed by atoms with Gasteiger partial charge in [-0.25, -0.2) is 0 Å². The van der Waals surface area contributed by atoms with E-state index >= 15 is 0 Å². The van der Waals surface area contributed by atoms with Crippen molar-refractivity contribution in [1.82, 2.24) is 10.2 Å². The highest BCUT2D eigenvalue weighted by atomic mass is 16.5. The molecule has 6 heteroatoms. The summed E-state index contributed by atoms with van der Waals surface area (Å²) in [5.41, 5.74) is 1.38. The van der Waals surface area contributed by atoms with Crippen LogP contribution in [0.2, 0.25) is 0 Å². The van der Waals surface area contributed by atoms with E-state index in [0.717, 1.165) is 10.6 Å². The summed E-state index contributed by atoms with van der Waals surface area (Å²) in [5, 5.41) is 2.81. The van der Waals surface area contributed by atoms with E-state index in [0.29, 0.717) is 19.7 Å². The number of hydrogen-bond acceptors (Lipinski definition) is 3. The van der Waals surface area contributed by atoms with E-state index in [-0.39, 0.29) is 23.8 Å². The lowest BCUT2D eigenvalue weighted by Crippen LogP contribution is -3.11. The third-order valence-corrected chi connectivity index (χ3v) is 3.83. The van der Waals surface area contributed by atoms with E-state index in [1.165, 1.54) is 10.5 Å². The van der Waals surface area contributed by atoms with Crippen LogP contribution < -0.4 is 15.0 Å². The van der Waals surface area contributed by atoms with Crippen LogP contribution in [-0.2, 0) is 15.0 Å². The molecule has 0 aromatic heterocycles. The zero-order valence-electron chi connectivity index (χ0n) is 16.3. The van der Waals surface area contributed by atoms with Crippen LogP contribution in [0.25, 0.3) is 0 Å². The molecule has 1 unspecified atom stereocenters. The minimum Gasteiger partial charge on any atom is -0.492 e. The van der Waals surface area contributed by atoms with Gasteiger partial charge in [-0.2, -0.15) is 0 Å². The van der Waals surface area contributed by atoms with Crippen LogP contribution >= 0.6 is 0 Å². The van der Waals surface area contributed by atoms with Crippen LogP contribution in [-0.4, -0.2) is 64.1 Å². The average molecular weight is 350 g/mol. The maximum Gasteiger partial charge on any atom is 0.277 e. The quantitative estimate of drug-likeness (QED) is 0.653. The first-order chi connectivity index (χ1) is 11.6. The molecule has 0 bridgehead atoms. The first-order valence-electron chi connectivity index (χ1n) is 8.61. The second kappa shape index (κ2) is 9.42. The molecule has 0 fully saturated rings. The number of ether oxygens (including phenoxy) is 1. The van der Waals surface area contributed by atoms with Crippen molar-refractivity contribution in [2.45, 2.75) is 26.2 Å². The van der Waals surface area contributed by atoms with Gasteiger partial charge in [-0.1, -0.05) is 32.9 Å². The molecule has 0 spiro atoms. The van der Waals surface area contributed by atoms with Crippen molar-refractivity contribution in [3.63, 3.8) is 0 Å². The molecule has 1 atom stereocenters. The molecular formula is C19H32N3O3+. The minimum absolute atomic E-state index is 0.00679. The van der Waals surface area contributed by atoms with Crippen molar-refractivity contribution in [3.8, 4) is 5.75 Å². The highest BCUT2D eigenvalue weighted by Crippen LogP contribution is 2.24. The molecule has 0 aliphatic rings. The number of rotatable bonds is 8. The van der Waals surface area contributed by atoms with Crippen molar-refractivity contribution < 1.29 is 19.2 Å². The van der Waals surface area contributed by atoms with Crippen LogP contribution in [0.4, 0.5) is 0 Å². The number of likely N-dealkylation sites (N-methyl/N-ethyl adjacent to an activating group) is 2. The molecule has 1 aromatic rings. The van der Waals surface area contributed by atoms with E-state index in [1.807, 2.05) is 19.2 Å². The fourth-order valence-corrected chi connectivity index (χ4v) is 2.23. The van der Waals surface area contributed by atoms with Gasteiger partial charge in [0.2, 0.25) is 0 Å². The highest BCUT2D eigenvalue weighted by molar-refractivity contribution is 5.78. The Hall–Kier alpha value is -2.08. The Labute approximate surface area is 151 Å². The van der Waals surface area contributed by atoms with Crippen molar-refractivity contribution >= 4 is 11.8 Å². The van der Waals surface area contributed by atoms with Crippen LogP contribution in [0.3, 0.4) is 0 Å². The number of carbonyl (C=O) groups excluding carboxylic acids is 2. The number of amides is 2. The molecule has 2 amide bonds. The van der Waals surface area contributed by atoms with Gasteiger partial charge in [0.15, 0.2) is 13.1 Å². The van der Waals surface area contributed by atoms with Gasteiger partial charge in [0.1, 0.15) is 12.4 Å². The van der Waals surface area contributed by atoms with Crippen LogP contribution in [0.5, 0.6) is 5.75 Å². The van der Waals surface area contributed by atoms with E-state index in [1.54, 1.807) is 14.1 Å². The molecule has 2 N–H and O–H groups in total. The molecule has 0 aliphatic carbocycles. The summed E-state index contributed by atoms with van der Waals surface area (Å²) in [6.07, 6.45) is 0. The second-order valence-corrected chi connectivity index (χ2v) is 7.57. The second-order valence-electron chi connectivity index (χ2n) is 7.57. The van der Waals surface area contributed by atoms with Crippen molar-refractivity contribution in [1.29, 1.82) is 0 Å². The number of quaternary nitrogens is 1. The largest absolute Gasteiger partial charge is 0.492 e. The maximum atomic E-state index is 11.9. The Morgan fingerprint density at radius 1 is 1.12 bits per heavy atom. The molecule has 0 aliphatic heterocycles. The smallest absolute Gasteiger partial charge is 0.277 e. The number of hydrogen-bond donors (Lipinski definition) is 2. The summed E-state index contributed by atoms with van der Waals surface area (Å²) in [5.74, 6) is 0.713. The molecule has 0 saturated carbocycles. The third kappa shape index (κ3) is 8.03. The van der Waals surface area contributed by atoms with Crippen LogP contribution in [0.15, 0.2) is 24.3 Å². The fourth-order valence-electron chi connectivity index (χ4n) is 2.23. The van der Waals surface area contributed by atoms with Crippen molar-refractivity contribution in [2.75, 3.05) is 47.4 Å². The number of carbonyl (C=O) groups is 2. The van der Waals surface area contributed by atoms with E-state index in [4.69, 9.17) is 4.74 Å². The predicted octanol–water partition coefficient (Wildman–Crippen LogP) is 0.0820. The molecule has 140 valence electrons. The topological polar surface area (TPSA) is 63.1 Å².